The third kappa shape index (κ3) is 3.32. The number of nitro benzene ring substituents is 1. The lowest BCUT2D eigenvalue weighted by Gasteiger charge is -2.15. The van der Waals surface area contributed by atoms with E-state index in [0.29, 0.717) is 5.41 Å². The molecule has 0 spiro atoms. The summed E-state index contributed by atoms with van der Waals surface area (Å²) >= 11 is 0. The van der Waals surface area contributed by atoms with Gasteiger partial charge in [0.15, 0.2) is 0 Å². The van der Waals surface area contributed by atoms with Crippen molar-refractivity contribution in [2.45, 2.75) is 46.1 Å². The van der Waals surface area contributed by atoms with Crippen molar-refractivity contribution < 1.29 is 4.92 Å². The first-order valence-electron chi connectivity index (χ1n) is 7.01. The molecule has 1 saturated carbocycles. The number of nitro groups is 1. The van der Waals surface area contributed by atoms with Crippen LogP contribution in [0, 0.1) is 22.5 Å². The molecule has 1 aliphatic rings. The summed E-state index contributed by atoms with van der Waals surface area (Å²) in [5.41, 5.74) is 2.54. The lowest BCUT2D eigenvalue weighted by molar-refractivity contribution is -0.385. The van der Waals surface area contributed by atoms with Gasteiger partial charge >= 0.3 is 0 Å². The maximum atomic E-state index is 10.9. The molecule has 1 fully saturated rings. The lowest BCUT2D eigenvalue weighted by Crippen LogP contribution is -2.24. The fraction of sp³-hybridized carbons (Fsp3) is 0.600. The highest BCUT2D eigenvalue weighted by Crippen LogP contribution is 2.48. The number of hydrogen-bond acceptors (Lipinski definition) is 3. The first kappa shape index (κ1) is 14.0. The molecule has 1 aromatic rings. The van der Waals surface area contributed by atoms with E-state index in [9.17, 15) is 10.1 Å². The molecule has 2 rings (SSSR count). The van der Waals surface area contributed by atoms with Crippen LogP contribution in [0.15, 0.2) is 18.2 Å². The Morgan fingerprint density at radius 3 is 2.74 bits per heavy atom. The Bertz CT molecular complexity index is 467. The average Bonchev–Trinajstić information content (AvgIpc) is 3.11. The van der Waals surface area contributed by atoms with Crippen LogP contribution in [0.25, 0.3) is 0 Å². The quantitative estimate of drug-likeness (QED) is 0.603. The zero-order valence-corrected chi connectivity index (χ0v) is 11.7. The molecule has 0 unspecified atom stereocenters. The number of hydrogen-bond donors (Lipinski definition) is 1. The molecule has 1 aromatic carbocycles. The molecule has 4 nitrogen and oxygen atoms in total. The number of benzene rings is 1. The SMILES string of the molecule is CCCC1(CNCc2cccc([N+](=O)[O-])c2C)CC1. The third-order valence-electron chi connectivity index (χ3n) is 4.17. The Morgan fingerprint density at radius 2 is 2.16 bits per heavy atom. The van der Waals surface area contributed by atoms with Gasteiger partial charge in [0.1, 0.15) is 0 Å². The molecule has 1 N–H and O–H groups in total. The van der Waals surface area contributed by atoms with Crippen molar-refractivity contribution in [1.82, 2.24) is 5.32 Å². The highest BCUT2D eigenvalue weighted by molar-refractivity contribution is 5.44. The van der Waals surface area contributed by atoms with Crippen LogP contribution in [0.1, 0.15) is 43.7 Å². The Hall–Kier alpha value is -1.42. The maximum Gasteiger partial charge on any atom is 0.272 e. The van der Waals surface area contributed by atoms with Gasteiger partial charge in [-0.3, -0.25) is 10.1 Å². The van der Waals surface area contributed by atoms with E-state index in [1.165, 1.54) is 25.7 Å². The largest absolute Gasteiger partial charge is 0.312 e. The molecule has 19 heavy (non-hydrogen) atoms. The Balaban J connectivity index is 1.93. The van der Waals surface area contributed by atoms with Gasteiger partial charge < -0.3 is 5.32 Å². The van der Waals surface area contributed by atoms with Gasteiger partial charge in [0.25, 0.3) is 5.69 Å². The van der Waals surface area contributed by atoms with Crippen LogP contribution in [-0.2, 0) is 6.54 Å². The molecule has 0 aromatic heterocycles. The molecule has 0 amide bonds. The summed E-state index contributed by atoms with van der Waals surface area (Å²) in [6, 6.07) is 5.30. The van der Waals surface area contributed by atoms with Crippen molar-refractivity contribution in [1.29, 1.82) is 0 Å². The summed E-state index contributed by atoms with van der Waals surface area (Å²) < 4.78 is 0. The number of nitrogens with zero attached hydrogens (tertiary/aromatic N) is 1. The van der Waals surface area contributed by atoms with Gasteiger partial charge in [-0.2, -0.15) is 0 Å². The molecule has 0 bridgehead atoms. The first-order valence-corrected chi connectivity index (χ1v) is 7.01. The third-order valence-corrected chi connectivity index (χ3v) is 4.17. The van der Waals surface area contributed by atoms with E-state index in [-0.39, 0.29) is 10.6 Å². The fourth-order valence-electron chi connectivity index (χ4n) is 2.74. The zero-order chi connectivity index (χ0) is 13.9. The van der Waals surface area contributed by atoms with Crippen LogP contribution >= 0.6 is 0 Å². The minimum absolute atomic E-state index is 0.217. The molecular formula is C15H22N2O2. The summed E-state index contributed by atoms with van der Waals surface area (Å²) in [7, 11) is 0. The van der Waals surface area contributed by atoms with E-state index in [0.717, 1.165) is 24.2 Å². The second-order valence-corrected chi connectivity index (χ2v) is 5.67. The van der Waals surface area contributed by atoms with Gasteiger partial charge in [-0.15, -0.1) is 0 Å². The Morgan fingerprint density at radius 1 is 1.42 bits per heavy atom. The molecule has 104 valence electrons. The van der Waals surface area contributed by atoms with Crippen LogP contribution in [0.5, 0.6) is 0 Å². The topological polar surface area (TPSA) is 55.2 Å². The van der Waals surface area contributed by atoms with Crippen LogP contribution in [0.2, 0.25) is 0 Å². The van der Waals surface area contributed by atoms with Crippen LogP contribution in [0.3, 0.4) is 0 Å². The van der Waals surface area contributed by atoms with Crippen molar-refractivity contribution in [2.24, 2.45) is 5.41 Å². The molecule has 4 heteroatoms. The van der Waals surface area contributed by atoms with Gasteiger partial charge in [-0.25, -0.2) is 0 Å². The minimum atomic E-state index is -0.307. The van der Waals surface area contributed by atoms with Crippen molar-refractivity contribution in [3.63, 3.8) is 0 Å². The highest BCUT2D eigenvalue weighted by Gasteiger charge is 2.40. The van der Waals surface area contributed by atoms with E-state index in [1.807, 2.05) is 13.0 Å². The first-order chi connectivity index (χ1) is 9.08. The smallest absolute Gasteiger partial charge is 0.272 e. The summed E-state index contributed by atoms with van der Waals surface area (Å²) in [6.07, 6.45) is 5.16. The molecule has 0 saturated heterocycles. The van der Waals surface area contributed by atoms with E-state index < -0.39 is 0 Å². The summed E-state index contributed by atoms with van der Waals surface area (Å²) in [5.74, 6) is 0. The lowest BCUT2D eigenvalue weighted by atomic mass is 10.0. The van der Waals surface area contributed by atoms with Crippen LogP contribution < -0.4 is 5.32 Å². The van der Waals surface area contributed by atoms with Gasteiger partial charge in [0.05, 0.1) is 4.92 Å². The summed E-state index contributed by atoms with van der Waals surface area (Å²) in [4.78, 5) is 10.6. The van der Waals surface area contributed by atoms with E-state index >= 15 is 0 Å². The normalized spacial score (nSPS) is 16.3. The predicted molar refractivity (Wildman–Crippen MR) is 76.1 cm³/mol. The molecule has 0 aliphatic heterocycles. The Kier molecular flexibility index (Phi) is 4.20. The highest BCUT2D eigenvalue weighted by atomic mass is 16.6. The van der Waals surface area contributed by atoms with Crippen molar-refractivity contribution in [3.05, 3.63) is 39.4 Å². The van der Waals surface area contributed by atoms with Crippen molar-refractivity contribution in [2.75, 3.05) is 6.54 Å². The molecule has 0 atom stereocenters. The van der Waals surface area contributed by atoms with Gasteiger partial charge in [0, 0.05) is 24.7 Å². The van der Waals surface area contributed by atoms with Gasteiger partial charge in [-0.1, -0.05) is 25.5 Å². The molecule has 1 aliphatic carbocycles. The standard InChI is InChI=1S/C15H22N2O2/c1-3-7-15(8-9-15)11-16-10-13-5-4-6-14(12(13)2)17(18)19/h4-6,16H,3,7-11H2,1-2H3. The molecule has 0 heterocycles. The number of rotatable bonds is 7. The molecule has 0 radical (unpaired) electrons. The van der Waals surface area contributed by atoms with Crippen molar-refractivity contribution in [3.8, 4) is 0 Å². The second-order valence-electron chi connectivity index (χ2n) is 5.67. The maximum absolute atomic E-state index is 10.9. The summed E-state index contributed by atoms with van der Waals surface area (Å²) in [5, 5.41) is 14.4. The monoisotopic (exact) mass is 262 g/mol. The van der Waals surface area contributed by atoms with Crippen molar-refractivity contribution >= 4 is 5.69 Å². The van der Waals surface area contributed by atoms with E-state index in [1.54, 1.807) is 12.1 Å². The van der Waals surface area contributed by atoms with E-state index in [2.05, 4.69) is 12.2 Å². The fourth-order valence-corrected chi connectivity index (χ4v) is 2.74. The minimum Gasteiger partial charge on any atom is -0.312 e. The molecular weight excluding hydrogens is 240 g/mol. The van der Waals surface area contributed by atoms with Crippen LogP contribution in [0.4, 0.5) is 5.69 Å². The predicted octanol–water partition coefficient (Wildman–Crippen LogP) is 3.57. The summed E-state index contributed by atoms with van der Waals surface area (Å²) in [6.45, 7) is 5.81. The zero-order valence-electron chi connectivity index (χ0n) is 11.7. The van der Waals surface area contributed by atoms with Gasteiger partial charge in [0.2, 0.25) is 0 Å². The number of nitrogens with one attached hydrogen (secondary N) is 1. The van der Waals surface area contributed by atoms with Gasteiger partial charge in [-0.05, 0) is 37.2 Å². The Labute approximate surface area is 114 Å². The second kappa shape index (κ2) is 5.70. The van der Waals surface area contributed by atoms with E-state index in [4.69, 9.17) is 0 Å². The average molecular weight is 262 g/mol. The van der Waals surface area contributed by atoms with Crippen LogP contribution in [-0.4, -0.2) is 11.5 Å².